The van der Waals surface area contributed by atoms with Gasteiger partial charge in [0.2, 0.25) is 0 Å². The summed E-state index contributed by atoms with van der Waals surface area (Å²) in [5, 5.41) is 13.4. The van der Waals surface area contributed by atoms with Gasteiger partial charge in [-0.3, -0.25) is 19.6 Å². The number of anilines is 1. The average Bonchev–Trinajstić information content (AvgIpc) is 3.09. The summed E-state index contributed by atoms with van der Waals surface area (Å²) in [6, 6.07) is 15.3. The summed E-state index contributed by atoms with van der Waals surface area (Å²) in [4.78, 5) is 23.6. The van der Waals surface area contributed by atoms with Gasteiger partial charge in [-0.25, -0.2) is 0 Å². The number of aromatic nitrogens is 1. The van der Waals surface area contributed by atoms with E-state index in [1.165, 1.54) is 10.4 Å². The Morgan fingerprint density at radius 1 is 1.09 bits per heavy atom. The molecule has 168 valence electrons. The number of amides is 1. The number of benzene rings is 1. The molecule has 1 aliphatic heterocycles. The zero-order valence-corrected chi connectivity index (χ0v) is 19.4. The number of β-amino-alcohol motifs (C(OH)–C–C–N with tert-alkyl or cyclic N) is 1. The number of hydrogen-bond donors (Lipinski definition) is 2. The van der Waals surface area contributed by atoms with Gasteiger partial charge in [-0.2, -0.15) is 0 Å². The number of piperazine rings is 1. The van der Waals surface area contributed by atoms with Crippen molar-refractivity contribution in [3.63, 3.8) is 0 Å². The second-order valence-corrected chi connectivity index (χ2v) is 9.33. The van der Waals surface area contributed by atoms with Gasteiger partial charge in [0, 0.05) is 54.9 Å². The van der Waals surface area contributed by atoms with Crippen molar-refractivity contribution in [2.24, 2.45) is 0 Å². The van der Waals surface area contributed by atoms with E-state index in [2.05, 4.69) is 35.0 Å². The van der Waals surface area contributed by atoms with Crippen LogP contribution in [0, 0.1) is 13.8 Å². The van der Waals surface area contributed by atoms with Gasteiger partial charge >= 0.3 is 0 Å². The van der Waals surface area contributed by atoms with Gasteiger partial charge in [0.25, 0.3) is 5.91 Å². The number of aryl methyl sites for hydroxylation is 1. The maximum absolute atomic E-state index is 13.0. The number of aliphatic hydroxyl groups excluding tert-OH is 1. The Kier molecular flexibility index (Phi) is 7.32. The van der Waals surface area contributed by atoms with Crippen molar-refractivity contribution < 1.29 is 9.90 Å². The molecule has 1 atom stereocenters. The molecule has 1 fully saturated rings. The minimum atomic E-state index is -0.0966. The Bertz CT molecular complexity index is 1030. The van der Waals surface area contributed by atoms with E-state index in [0.29, 0.717) is 12.1 Å². The molecule has 0 saturated carbocycles. The van der Waals surface area contributed by atoms with Crippen LogP contribution in [0.1, 0.15) is 38.1 Å². The Hall–Kier alpha value is -2.58. The molecule has 0 radical (unpaired) electrons. The van der Waals surface area contributed by atoms with E-state index >= 15 is 0 Å². The van der Waals surface area contributed by atoms with E-state index in [4.69, 9.17) is 4.98 Å². The molecule has 1 amide bonds. The molecule has 0 spiro atoms. The highest BCUT2D eigenvalue weighted by Gasteiger charge is 2.32. The number of rotatable bonds is 7. The van der Waals surface area contributed by atoms with E-state index in [-0.39, 0.29) is 18.6 Å². The quantitative estimate of drug-likeness (QED) is 0.574. The number of nitrogens with one attached hydrogen (secondary N) is 1. The number of hydrogen-bond acceptors (Lipinski definition) is 6. The summed E-state index contributed by atoms with van der Waals surface area (Å²) >= 11 is 1.63. The first-order valence-corrected chi connectivity index (χ1v) is 11.8. The first-order chi connectivity index (χ1) is 15.6. The molecule has 0 bridgehead atoms. The van der Waals surface area contributed by atoms with Crippen LogP contribution in [0.25, 0.3) is 0 Å². The molecule has 7 heteroatoms. The minimum absolute atomic E-state index is 0.0384. The summed E-state index contributed by atoms with van der Waals surface area (Å²) < 4.78 is 0. The highest BCUT2D eigenvalue weighted by molar-refractivity contribution is 7.16. The van der Waals surface area contributed by atoms with Crippen LogP contribution in [0.4, 0.5) is 5.00 Å². The van der Waals surface area contributed by atoms with Gasteiger partial charge in [-0.05, 0) is 43.7 Å². The van der Waals surface area contributed by atoms with E-state index < -0.39 is 0 Å². The topological polar surface area (TPSA) is 68.7 Å². The van der Waals surface area contributed by atoms with Crippen molar-refractivity contribution in [1.29, 1.82) is 0 Å². The number of carbonyl (C=O) groups excluding carboxylic acids is 1. The van der Waals surface area contributed by atoms with Crippen LogP contribution >= 0.6 is 11.3 Å². The second kappa shape index (κ2) is 10.4. The van der Waals surface area contributed by atoms with E-state index in [0.717, 1.165) is 42.4 Å². The zero-order chi connectivity index (χ0) is 22.5. The van der Waals surface area contributed by atoms with Crippen molar-refractivity contribution in [3.05, 3.63) is 82.0 Å². The number of nitrogens with zero attached hydrogens (tertiary/aromatic N) is 3. The number of aliphatic hydroxyl groups is 1. The maximum atomic E-state index is 13.0. The van der Waals surface area contributed by atoms with Crippen molar-refractivity contribution in [1.82, 2.24) is 14.8 Å². The fourth-order valence-corrected chi connectivity index (χ4v) is 5.36. The van der Waals surface area contributed by atoms with E-state index in [9.17, 15) is 9.90 Å². The summed E-state index contributed by atoms with van der Waals surface area (Å²) in [6.45, 7) is 8.69. The van der Waals surface area contributed by atoms with Crippen molar-refractivity contribution in [3.8, 4) is 0 Å². The fraction of sp³-hybridized carbons (Fsp3) is 0.360. The third-order valence-electron chi connectivity index (χ3n) is 6.12. The molecule has 2 aromatic heterocycles. The lowest BCUT2D eigenvalue weighted by Crippen LogP contribution is -2.48. The number of carbonyl (C=O) groups is 1. The highest BCUT2D eigenvalue weighted by Crippen LogP contribution is 2.42. The average molecular weight is 451 g/mol. The number of pyridine rings is 1. The van der Waals surface area contributed by atoms with Crippen LogP contribution in [0.3, 0.4) is 0 Å². The molecule has 1 aromatic carbocycles. The molecule has 2 N–H and O–H groups in total. The minimum Gasteiger partial charge on any atom is -0.395 e. The van der Waals surface area contributed by atoms with Crippen molar-refractivity contribution >= 4 is 22.2 Å². The van der Waals surface area contributed by atoms with Gasteiger partial charge in [-0.1, -0.05) is 24.3 Å². The van der Waals surface area contributed by atoms with Gasteiger partial charge in [-0.15, -0.1) is 11.3 Å². The lowest BCUT2D eigenvalue weighted by molar-refractivity contribution is 0.0934. The highest BCUT2D eigenvalue weighted by atomic mass is 32.1. The monoisotopic (exact) mass is 450 g/mol. The smallest absolute Gasteiger partial charge is 0.256 e. The Labute approximate surface area is 193 Å². The molecule has 1 saturated heterocycles. The summed E-state index contributed by atoms with van der Waals surface area (Å²) in [6.07, 6.45) is 1.83. The Morgan fingerprint density at radius 3 is 2.47 bits per heavy atom. The Morgan fingerprint density at radius 2 is 1.81 bits per heavy atom. The van der Waals surface area contributed by atoms with Gasteiger partial charge < -0.3 is 10.4 Å². The normalized spacial score (nSPS) is 16.1. The first kappa shape index (κ1) is 22.6. The van der Waals surface area contributed by atoms with Gasteiger partial charge in [0.15, 0.2) is 0 Å². The van der Waals surface area contributed by atoms with Crippen LogP contribution in [0.2, 0.25) is 0 Å². The van der Waals surface area contributed by atoms with Crippen LogP contribution in [0.5, 0.6) is 0 Å². The maximum Gasteiger partial charge on any atom is 0.256 e. The predicted octanol–water partition coefficient (Wildman–Crippen LogP) is 3.71. The summed E-state index contributed by atoms with van der Waals surface area (Å²) in [5.74, 6) is -0.0966. The van der Waals surface area contributed by atoms with Gasteiger partial charge in [0.05, 0.1) is 18.3 Å². The summed E-state index contributed by atoms with van der Waals surface area (Å²) in [5.41, 5.74) is 3.96. The van der Waals surface area contributed by atoms with E-state index in [1.54, 1.807) is 11.3 Å². The third kappa shape index (κ3) is 4.91. The number of thiophene rings is 1. The van der Waals surface area contributed by atoms with Crippen molar-refractivity contribution in [2.75, 3.05) is 44.6 Å². The second-order valence-electron chi connectivity index (χ2n) is 8.10. The molecule has 32 heavy (non-hydrogen) atoms. The molecule has 1 aliphatic rings. The SMILES string of the molecule is Cc1sc(NC(=O)c2ccccc2)c([C@H](c2ccccn2)N2CCN(CCO)CC2)c1C. The van der Waals surface area contributed by atoms with Crippen LogP contribution in [-0.4, -0.2) is 65.1 Å². The standard InChI is InChI=1S/C25H30N4O2S/c1-18-19(2)32-25(27-24(31)20-8-4-3-5-9-20)22(18)23(21-10-6-7-11-26-21)29-14-12-28(13-15-29)16-17-30/h3-11,23,30H,12-17H2,1-2H3,(H,27,31)/t23-/m0/s1. The molecule has 0 unspecified atom stereocenters. The predicted molar refractivity (Wildman–Crippen MR) is 129 cm³/mol. The van der Waals surface area contributed by atoms with E-state index in [1.807, 2.05) is 48.7 Å². The fourth-order valence-electron chi connectivity index (χ4n) is 4.27. The molecular formula is C25H30N4O2S. The molecule has 6 nitrogen and oxygen atoms in total. The molecule has 3 heterocycles. The Balaban J connectivity index is 1.69. The lowest BCUT2D eigenvalue weighted by Gasteiger charge is -2.39. The van der Waals surface area contributed by atoms with Crippen LogP contribution in [0.15, 0.2) is 54.7 Å². The van der Waals surface area contributed by atoms with Crippen LogP contribution < -0.4 is 5.32 Å². The molecule has 4 rings (SSSR count). The summed E-state index contributed by atoms with van der Waals surface area (Å²) in [7, 11) is 0. The first-order valence-electron chi connectivity index (χ1n) is 11.0. The largest absolute Gasteiger partial charge is 0.395 e. The third-order valence-corrected chi connectivity index (χ3v) is 7.26. The lowest BCUT2D eigenvalue weighted by atomic mass is 9.97. The molecule has 3 aromatic rings. The van der Waals surface area contributed by atoms with Crippen LogP contribution in [-0.2, 0) is 0 Å². The molecular weight excluding hydrogens is 420 g/mol. The zero-order valence-electron chi connectivity index (χ0n) is 18.6. The van der Waals surface area contributed by atoms with Gasteiger partial charge in [0.1, 0.15) is 5.00 Å². The van der Waals surface area contributed by atoms with Crippen molar-refractivity contribution in [2.45, 2.75) is 19.9 Å². The molecule has 0 aliphatic carbocycles.